The standard InChI is InChI=1S/C6H6INO/c7-3-1-2-6-8-4-5-9-6/h1-2,4-5H,3H2/b2-1+. The van der Waals surface area contributed by atoms with Crippen LogP contribution in [0.4, 0.5) is 0 Å². The highest BCUT2D eigenvalue weighted by atomic mass is 127. The average molecular weight is 235 g/mol. The molecule has 1 aromatic heterocycles. The lowest BCUT2D eigenvalue weighted by Crippen LogP contribution is -1.66. The molecule has 0 aliphatic heterocycles. The summed E-state index contributed by atoms with van der Waals surface area (Å²) in [6.45, 7) is 0. The number of oxazole rings is 1. The van der Waals surface area contributed by atoms with E-state index in [0.717, 1.165) is 4.43 Å². The van der Waals surface area contributed by atoms with Gasteiger partial charge in [-0.3, -0.25) is 0 Å². The third kappa shape index (κ3) is 2.17. The topological polar surface area (TPSA) is 26.0 Å². The first kappa shape index (κ1) is 6.80. The van der Waals surface area contributed by atoms with E-state index in [1.807, 2.05) is 12.2 Å². The van der Waals surface area contributed by atoms with Gasteiger partial charge in [-0.05, 0) is 6.08 Å². The molecule has 1 rings (SSSR count). The maximum absolute atomic E-state index is 4.93. The second kappa shape index (κ2) is 3.66. The minimum atomic E-state index is 0.673. The molecule has 3 heteroatoms. The Kier molecular flexibility index (Phi) is 2.76. The molecule has 0 bridgehead atoms. The van der Waals surface area contributed by atoms with Gasteiger partial charge < -0.3 is 4.42 Å². The molecule has 0 radical (unpaired) electrons. The molecular weight excluding hydrogens is 229 g/mol. The largest absolute Gasteiger partial charge is 0.445 e. The van der Waals surface area contributed by atoms with Crippen molar-refractivity contribution in [3.8, 4) is 0 Å². The highest BCUT2D eigenvalue weighted by Crippen LogP contribution is 1.97. The SMILES string of the molecule is IC/C=C/c1ncco1. The number of rotatable bonds is 2. The quantitative estimate of drug-likeness (QED) is 0.579. The van der Waals surface area contributed by atoms with Crippen molar-refractivity contribution in [1.29, 1.82) is 0 Å². The zero-order valence-electron chi connectivity index (χ0n) is 4.75. The lowest BCUT2D eigenvalue weighted by Gasteiger charge is -1.77. The Morgan fingerprint density at radius 1 is 1.78 bits per heavy atom. The van der Waals surface area contributed by atoms with Gasteiger partial charge >= 0.3 is 0 Å². The summed E-state index contributed by atoms with van der Waals surface area (Å²) in [7, 11) is 0. The molecule has 1 heterocycles. The summed E-state index contributed by atoms with van der Waals surface area (Å²) in [4.78, 5) is 3.90. The fraction of sp³-hybridized carbons (Fsp3) is 0.167. The molecule has 0 aliphatic rings. The Bertz CT molecular complexity index is 181. The molecule has 2 nitrogen and oxygen atoms in total. The highest BCUT2D eigenvalue weighted by molar-refractivity contribution is 14.1. The average Bonchev–Trinajstić information content (AvgIpc) is 2.34. The van der Waals surface area contributed by atoms with Crippen LogP contribution in [0.1, 0.15) is 5.89 Å². The summed E-state index contributed by atoms with van der Waals surface area (Å²) >= 11 is 2.26. The zero-order chi connectivity index (χ0) is 6.53. The van der Waals surface area contributed by atoms with Crippen LogP contribution in [0.25, 0.3) is 6.08 Å². The molecule has 0 N–H and O–H groups in total. The molecule has 0 saturated heterocycles. The summed E-state index contributed by atoms with van der Waals surface area (Å²) in [5.74, 6) is 0.673. The number of hydrogen-bond acceptors (Lipinski definition) is 2. The molecule has 0 saturated carbocycles. The van der Waals surface area contributed by atoms with E-state index in [1.165, 1.54) is 0 Å². The van der Waals surface area contributed by atoms with E-state index in [0.29, 0.717) is 5.89 Å². The number of halogens is 1. The first-order valence-electron chi connectivity index (χ1n) is 2.55. The van der Waals surface area contributed by atoms with E-state index < -0.39 is 0 Å². The number of allylic oxidation sites excluding steroid dienone is 1. The van der Waals surface area contributed by atoms with Crippen LogP contribution in [0.2, 0.25) is 0 Å². The van der Waals surface area contributed by atoms with Crippen molar-refractivity contribution in [2.24, 2.45) is 0 Å². The van der Waals surface area contributed by atoms with Crippen LogP contribution in [0.5, 0.6) is 0 Å². The number of aromatic nitrogens is 1. The van der Waals surface area contributed by atoms with Crippen molar-refractivity contribution < 1.29 is 4.42 Å². The van der Waals surface area contributed by atoms with Crippen molar-refractivity contribution in [2.75, 3.05) is 4.43 Å². The van der Waals surface area contributed by atoms with E-state index in [4.69, 9.17) is 4.42 Å². The van der Waals surface area contributed by atoms with Crippen LogP contribution in [0, 0.1) is 0 Å². The number of hydrogen-bond donors (Lipinski definition) is 0. The second-order valence-electron chi connectivity index (χ2n) is 1.43. The predicted octanol–water partition coefficient (Wildman–Crippen LogP) is 2.12. The van der Waals surface area contributed by atoms with Crippen LogP contribution >= 0.6 is 22.6 Å². The first-order valence-corrected chi connectivity index (χ1v) is 4.08. The van der Waals surface area contributed by atoms with Crippen LogP contribution in [-0.4, -0.2) is 9.41 Å². The van der Waals surface area contributed by atoms with Gasteiger partial charge in [0.2, 0.25) is 5.89 Å². The summed E-state index contributed by atoms with van der Waals surface area (Å²) in [6.07, 6.45) is 7.04. The van der Waals surface area contributed by atoms with E-state index in [1.54, 1.807) is 12.5 Å². The van der Waals surface area contributed by atoms with Gasteiger partial charge in [-0.2, -0.15) is 0 Å². The Morgan fingerprint density at radius 3 is 3.22 bits per heavy atom. The van der Waals surface area contributed by atoms with Gasteiger partial charge in [0.05, 0.1) is 6.20 Å². The van der Waals surface area contributed by atoms with Crippen LogP contribution < -0.4 is 0 Å². The van der Waals surface area contributed by atoms with Crippen molar-refractivity contribution in [3.05, 3.63) is 24.4 Å². The third-order valence-electron chi connectivity index (χ3n) is 0.801. The van der Waals surface area contributed by atoms with Crippen molar-refractivity contribution >= 4 is 28.7 Å². The minimum absolute atomic E-state index is 0.673. The van der Waals surface area contributed by atoms with Crippen LogP contribution in [0.3, 0.4) is 0 Å². The molecule has 0 aromatic carbocycles. The molecule has 0 unspecified atom stereocenters. The van der Waals surface area contributed by atoms with Crippen LogP contribution in [0.15, 0.2) is 23.0 Å². The molecule has 0 amide bonds. The molecule has 1 aromatic rings. The molecule has 0 fully saturated rings. The molecule has 0 aliphatic carbocycles. The zero-order valence-corrected chi connectivity index (χ0v) is 6.91. The molecule has 9 heavy (non-hydrogen) atoms. The predicted molar refractivity (Wildman–Crippen MR) is 44.4 cm³/mol. The fourth-order valence-electron chi connectivity index (χ4n) is 0.462. The molecule has 48 valence electrons. The normalized spacial score (nSPS) is 10.8. The van der Waals surface area contributed by atoms with Gasteiger partial charge in [-0.15, -0.1) is 0 Å². The molecule has 0 spiro atoms. The maximum atomic E-state index is 4.93. The fourth-order valence-corrected chi connectivity index (χ4v) is 0.716. The van der Waals surface area contributed by atoms with Gasteiger partial charge in [-0.1, -0.05) is 28.7 Å². The van der Waals surface area contributed by atoms with Crippen molar-refractivity contribution in [1.82, 2.24) is 4.98 Å². The van der Waals surface area contributed by atoms with Gasteiger partial charge in [-0.25, -0.2) is 4.98 Å². The number of nitrogens with zero attached hydrogens (tertiary/aromatic N) is 1. The monoisotopic (exact) mass is 235 g/mol. The van der Waals surface area contributed by atoms with E-state index >= 15 is 0 Å². The Balaban J connectivity index is 2.57. The Hall–Kier alpha value is -0.320. The summed E-state index contributed by atoms with van der Waals surface area (Å²) in [5.41, 5.74) is 0. The maximum Gasteiger partial charge on any atom is 0.218 e. The summed E-state index contributed by atoms with van der Waals surface area (Å²) in [6, 6.07) is 0. The lowest BCUT2D eigenvalue weighted by atomic mass is 10.5. The minimum Gasteiger partial charge on any atom is -0.445 e. The van der Waals surface area contributed by atoms with Crippen LogP contribution in [-0.2, 0) is 0 Å². The molecule has 0 atom stereocenters. The van der Waals surface area contributed by atoms with Crippen molar-refractivity contribution in [3.63, 3.8) is 0 Å². The van der Waals surface area contributed by atoms with Crippen molar-refractivity contribution in [2.45, 2.75) is 0 Å². The summed E-state index contributed by atoms with van der Waals surface area (Å²) < 4.78 is 5.92. The number of alkyl halides is 1. The van der Waals surface area contributed by atoms with E-state index in [2.05, 4.69) is 27.6 Å². The third-order valence-corrected chi connectivity index (χ3v) is 1.31. The highest BCUT2D eigenvalue weighted by Gasteiger charge is 1.85. The van der Waals surface area contributed by atoms with E-state index in [9.17, 15) is 0 Å². The smallest absolute Gasteiger partial charge is 0.218 e. The Labute approximate surface area is 67.1 Å². The van der Waals surface area contributed by atoms with Gasteiger partial charge in [0, 0.05) is 4.43 Å². The second-order valence-corrected chi connectivity index (χ2v) is 2.31. The first-order chi connectivity index (χ1) is 4.43. The van der Waals surface area contributed by atoms with Gasteiger partial charge in [0.1, 0.15) is 6.26 Å². The van der Waals surface area contributed by atoms with Gasteiger partial charge in [0.25, 0.3) is 0 Å². The summed E-state index contributed by atoms with van der Waals surface area (Å²) in [5, 5.41) is 0. The van der Waals surface area contributed by atoms with E-state index in [-0.39, 0.29) is 0 Å². The lowest BCUT2D eigenvalue weighted by molar-refractivity contribution is 0.546. The Morgan fingerprint density at radius 2 is 2.67 bits per heavy atom. The molecular formula is C6H6INO. The van der Waals surface area contributed by atoms with Gasteiger partial charge in [0.15, 0.2) is 0 Å².